The molecule has 0 unspecified atom stereocenters. The Labute approximate surface area is 163 Å². The van der Waals surface area contributed by atoms with E-state index in [9.17, 15) is 4.79 Å². The van der Waals surface area contributed by atoms with Gasteiger partial charge in [-0.1, -0.05) is 30.3 Å². The van der Waals surface area contributed by atoms with Crippen molar-refractivity contribution in [1.29, 1.82) is 0 Å². The number of likely N-dealkylation sites (tertiary alicyclic amines) is 1. The molecule has 144 valence electrons. The van der Waals surface area contributed by atoms with Crippen LogP contribution in [0.15, 0.2) is 42.6 Å². The third kappa shape index (κ3) is 2.74. The lowest BCUT2D eigenvalue weighted by atomic mass is 9.83. The number of benzene rings is 1. The van der Waals surface area contributed by atoms with E-state index in [0.717, 1.165) is 36.2 Å². The SMILES string of the molecule is Cn1nc(-c2ccccc2)cc1C(=O)N1CCC2(CC1)OCCc1cn[nH]c12. The van der Waals surface area contributed by atoms with E-state index in [-0.39, 0.29) is 11.5 Å². The lowest BCUT2D eigenvalue weighted by Crippen LogP contribution is -2.48. The van der Waals surface area contributed by atoms with Crippen molar-refractivity contribution in [1.82, 2.24) is 24.9 Å². The van der Waals surface area contributed by atoms with Crippen LogP contribution in [0.3, 0.4) is 0 Å². The fraction of sp³-hybridized carbons (Fsp3) is 0.381. The average molecular weight is 377 g/mol. The molecule has 1 saturated heterocycles. The van der Waals surface area contributed by atoms with E-state index >= 15 is 0 Å². The molecule has 2 aliphatic heterocycles. The molecule has 4 heterocycles. The fourth-order valence-electron chi connectivity index (χ4n) is 4.37. The largest absolute Gasteiger partial charge is 0.368 e. The maximum Gasteiger partial charge on any atom is 0.272 e. The molecule has 5 rings (SSSR count). The minimum absolute atomic E-state index is 0.0210. The number of hydrogen-bond donors (Lipinski definition) is 1. The van der Waals surface area contributed by atoms with E-state index in [2.05, 4.69) is 15.3 Å². The lowest BCUT2D eigenvalue weighted by molar-refractivity contribution is -0.0962. The van der Waals surface area contributed by atoms with Gasteiger partial charge in [-0.15, -0.1) is 0 Å². The second kappa shape index (κ2) is 6.60. The van der Waals surface area contributed by atoms with Crippen LogP contribution in [0.2, 0.25) is 0 Å². The summed E-state index contributed by atoms with van der Waals surface area (Å²) in [5.74, 6) is 0.0210. The predicted molar refractivity (Wildman–Crippen MR) is 104 cm³/mol. The van der Waals surface area contributed by atoms with Crippen molar-refractivity contribution in [2.75, 3.05) is 19.7 Å². The highest BCUT2D eigenvalue weighted by atomic mass is 16.5. The minimum Gasteiger partial charge on any atom is -0.368 e. The number of hydrogen-bond acceptors (Lipinski definition) is 4. The van der Waals surface area contributed by atoms with Crippen LogP contribution in [0.25, 0.3) is 11.3 Å². The first-order chi connectivity index (χ1) is 13.7. The summed E-state index contributed by atoms with van der Waals surface area (Å²) in [5.41, 5.74) is 4.45. The molecule has 7 nitrogen and oxygen atoms in total. The smallest absolute Gasteiger partial charge is 0.272 e. The Morgan fingerprint density at radius 3 is 2.79 bits per heavy atom. The van der Waals surface area contributed by atoms with E-state index in [4.69, 9.17) is 4.74 Å². The molecule has 7 heteroatoms. The normalized spacial score (nSPS) is 18.2. The van der Waals surface area contributed by atoms with Crippen LogP contribution >= 0.6 is 0 Å². The van der Waals surface area contributed by atoms with Gasteiger partial charge in [0.05, 0.1) is 24.2 Å². The molecule has 0 bridgehead atoms. The molecule has 28 heavy (non-hydrogen) atoms. The molecule has 0 saturated carbocycles. The minimum atomic E-state index is -0.331. The predicted octanol–water partition coefficient (Wildman–Crippen LogP) is 2.51. The number of fused-ring (bicyclic) bond motifs is 2. The Bertz CT molecular complexity index is 999. The van der Waals surface area contributed by atoms with Gasteiger partial charge in [-0.3, -0.25) is 14.6 Å². The molecule has 3 aromatic rings. The van der Waals surface area contributed by atoms with E-state index in [0.29, 0.717) is 25.4 Å². The van der Waals surface area contributed by atoms with Gasteiger partial charge in [-0.05, 0) is 30.9 Å². The van der Waals surface area contributed by atoms with Crippen LogP contribution in [0.5, 0.6) is 0 Å². The van der Waals surface area contributed by atoms with Crippen LogP contribution in [-0.4, -0.2) is 50.5 Å². The number of rotatable bonds is 2. The second-order valence-corrected chi connectivity index (χ2v) is 7.56. The molecular weight excluding hydrogens is 354 g/mol. The van der Waals surface area contributed by atoms with Crippen molar-refractivity contribution >= 4 is 5.91 Å². The maximum atomic E-state index is 13.1. The third-order valence-electron chi connectivity index (χ3n) is 5.95. The molecular formula is C21H23N5O2. The Morgan fingerprint density at radius 1 is 1.21 bits per heavy atom. The molecule has 1 fully saturated rings. The first-order valence-electron chi connectivity index (χ1n) is 9.72. The van der Waals surface area contributed by atoms with Gasteiger partial charge in [0, 0.05) is 25.7 Å². The number of aryl methyl sites for hydroxylation is 1. The summed E-state index contributed by atoms with van der Waals surface area (Å²) in [6.45, 7) is 2.02. The summed E-state index contributed by atoms with van der Waals surface area (Å²) in [7, 11) is 1.83. The fourth-order valence-corrected chi connectivity index (χ4v) is 4.37. The molecule has 2 aliphatic rings. The number of carbonyl (C=O) groups is 1. The number of piperidine rings is 1. The zero-order valence-corrected chi connectivity index (χ0v) is 15.9. The van der Waals surface area contributed by atoms with E-state index < -0.39 is 0 Å². The van der Waals surface area contributed by atoms with Gasteiger partial charge in [0.1, 0.15) is 11.3 Å². The van der Waals surface area contributed by atoms with Gasteiger partial charge < -0.3 is 9.64 Å². The van der Waals surface area contributed by atoms with Crippen LogP contribution in [0.4, 0.5) is 0 Å². The van der Waals surface area contributed by atoms with Crippen LogP contribution in [-0.2, 0) is 23.8 Å². The molecule has 0 aliphatic carbocycles. The van der Waals surface area contributed by atoms with Gasteiger partial charge in [0.2, 0.25) is 0 Å². The Hall–Kier alpha value is -2.93. The van der Waals surface area contributed by atoms with E-state index in [1.807, 2.05) is 54.5 Å². The molecule has 1 amide bonds. The van der Waals surface area contributed by atoms with Gasteiger partial charge in [-0.2, -0.15) is 10.2 Å². The number of amides is 1. The van der Waals surface area contributed by atoms with Crippen LogP contribution < -0.4 is 0 Å². The highest BCUT2D eigenvalue weighted by Gasteiger charge is 2.43. The number of nitrogens with one attached hydrogen (secondary N) is 1. The maximum absolute atomic E-state index is 13.1. The van der Waals surface area contributed by atoms with Crippen molar-refractivity contribution in [2.24, 2.45) is 7.05 Å². The average Bonchev–Trinajstić information content (AvgIpc) is 3.37. The van der Waals surface area contributed by atoms with Crippen molar-refractivity contribution < 1.29 is 9.53 Å². The van der Waals surface area contributed by atoms with Crippen molar-refractivity contribution in [2.45, 2.75) is 24.9 Å². The number of carbonyl (C=O) groups excluding carboxylic acids is 1. The van der Waals surface area contributed by atoms with Gasteiger partial charge in [0.15, 0.2) is 0 Å². The molecule has 2 aromatic heterocycles. The van der Waals surface area contributed by atoms with Crippen molar-refractivity contribution in [3.63, 3.8) is 0 Å². The van der Waals surface area contributed by atoms with Gasteiger partial charge in [-0.25, -0.2) is 0 Å². The zero-order valence-electron chi connectivity index (χ0n) is 15.9. The molecule has 0 radical (unpaired) electrons. The zero-order chi connectivity index (χ0) is 19.1. The first kappa shape index (κ1) is 17.2. The summed E-state index contributed by atoms with van der Waals surface area (Å²) < 4.78 is 7.86. The Morgan fingerprint density at radius 2 is 2.00 bits per heavy atom. The number of nitrogens with zero attached hydrogens (tertiary/aromatic N) is 4. The highest BCUT2D eigenvalue weighted by molar-refractivity contribution is 5.93. The summed E-state index contributed by atoms with van der Waals surface area (Å²) in [6.07, 6.45) is 4.35. The quantitative estimate of drug-likeness (QED) is 0.745. The lowest BCUT2D eigenvalue weighted by Gasteiger charge is -2.43. The standard InChI is InChI=1S/C21H23N5O2/c1-25-18(13-17(24-25)15-5-3-2-4-6-15)20(27)26-10-8-21(9-11-26)19-16(7-12-28-21)14-22-23-19/h2-6,13-14H,7-12H2,1H3,(H,22,23). The number of ether oxygens (including phenoxy) is 1. The van der Waals surface area contributed by atoms with E-state index in [1.54, 1.807) is 4.68 Å². The number of aromatic amines is 1. The number of H-pyrrole nitrogens is 1. The second-order valence-electron chi connectivity index (χ2n) is 7.56. The van der Waals surface area contributed by atoms with Gasteiger partial charge in [0.25, 0.3) is 5.91 Å². The van der Waals surface area contributed by atoms with Crippen LogP contribution in [0, 0.1) is 0 Å². The summed E-state index contributed by atoms with van der Waals surface area (Å²) in [5, 5.41) is 11.9. The summed E-state index contributed by atoms with van der Waals surface area (Å²) >= 11 is 0. The summed E-state index contributed by atoms with van der Waals surface area (Å²) in [4.78, 5) is 15.0. The highest BCUT2D eigenvalue weighted by Crippen LogP contribution is 2.40. The van der Waals surface area contributed by atoms with Crippen LogP contribution in [0.1, 0.15) is 34.6 Å². The Kier molecular flexibility index (Phi) is 4.05. The van der Waals surface area contributed by atoms with Crippen molar-refractivity contribution in [3.05, 3.63) is 59.5 Å². The molecule has 1 spiro atoms. The topological polar surface area (TPSA) is 76.0 Å². The Balaban J connectivity index is 1.34. The van der Waals surface area contributed by atoms with Crippen molar-refractivity contribution in [3.8, 4) is 11.3 Å². The van der Waals surface area contributed by atoms with E-state index in [1.165, 1.54) is 5.56 Å². The monoisotopic (exact) mass is 377 g/mol. The number of aromatic nitrogens is 4. The molecule has 0 atom stereocenters. The summed E-state index contributed by atoms with van der Waals surface area (Å²) in [6, 6.07) is 11.8. The van der Waals surface area contributed by atoms with Gasteiger partial charge >= 0.3 is 0 Å². The molecule has 1 N–H and O–H groups in total. The third-order valence-corrected chi connectivity index (χ3v) is 5.95. The molecule has 1 aromatic carbocycles. The first-order valence-corrected chi connectivity index (χ1v) is 9.72.